The predicted octanol–water partition coefficient (Wildman–Crippen LogP) is 1.26. The van der Waals surface area contributed by atoms with Crippen LogP contribution in [-0.4, -0.2) is 12.4 Å². The lowest BCUT2D eigenvalue weighted by atomic mass is 9.92. The molecule has 1 heteroatoms. The van der Waals surface area contributed by atoms with Gasteiger partial charge in [0, 0.05) is 0 Å². The van der Waals surface area contributed by atoms with Gasteiger partial charge < -0.3 is 0 Å². The average Bonchev–Trinajstić information content (AvgIpc) is 2.37. The van der Waals surface area contributed by atoms with Crippen LogP contribution >= 0.6 is 0 Å². The van der Waals surface area contributed by atoms with Crippen molar-refractivity contribution in [2.45, 2.75) is 26.7 Å². The van der Waals surface area contributed by atoms with Crippen molar-refractivity contribution in [1.82, 2.24) is 4.67 Å². The van der Waals surface area contributed by atoms with E-state index in [1.807, 2.05) is 6.21 Å². The largest absolute Gasteiger partial charge is 0.272 e. The summed E-state index contributed by atoms with van der Waals surface area (Å²) < 4.78 is 4.08. The molecule has 0 amide bonds. The lowest BCUT2D eigenvalue weighted by Gasteiger charge is -2.07. The molecule has 0 aromatic rings. The molecule has 0 aromatic heterocycles. The standard InChI is InChI=1S/C8H14N/c1-3-7(2)8-4-5-9-6-8/h5-8H,3-4H2,1-2H3/q+1. The Morgan fingerprint density at radius 2 is 2.56 bits per heavy atom. The Bertz CT molecular complexity index is 143. The van der Waals surface area contributed by atoms with Crippen LogP contribution in [0.15, 0.2) is 0 Å². The summed E-state index contributed by atoms with van der Waals surface area (Å²) in [6.07, 6.45) is 6.52. The summed E-state index contributed by atoms with van der Waals surface area (Å²) in [4.78, 5) is 0. The van der Waals surface area contributed by atoms with Crippen LogP contribution in [0.1, 0.15) is 26.7 Å². The van der Waals surface area contributed by atoms with Gasteiger partial charge in [0.2, 0.25) is 0 Å². The summed E-state index contributed by atoms with van der Waals surface area (Å²) >= 11 is 0. The van der Waals surface area contributed by atoms with Crippen molar-refractivity contribution in [2.75, 3.05) is 0 Å². The minimum Gasteiger partial charge on any atom is -0.110 e. The molecule has 0 spiro atoms. The molecule has 1 heterocycles. The minimum absolute atomic E-state index is 0.731. The Balaban J connectivity index is 2.37. The molecule has 1 aliphatic heterocycles. The van der Waals surface area contributed by atoms with Crippen molar-refractivity contribution >= 4 is 12.4 Å². The second-order valence-corrected chi connectivity index (χ2v) is 2.77. The summed E-state index contributed by atoms with van der Waals surface area (Å²) in [6.45, 7) is 4.52. The van der Waals surface area contributed by atoms with Crippen LogP contribution < -0.4 is 4.67 Å². The van der Waals surface area contributed by atoms with E-state index >= 15 is 0 Å². The number of hydrogen-bond donors (Lipinski definition) is 0. The van der Waals surface area contributed by atoms with Gasteiger partial charge in [-0.15, -0.1) is 4.67 Å². The number of hydrogen-bond acceptors (Lipinski definition) is 0. The minimum atomic E-state index is 0.731. The zero-order valence-corrected chi connectivity index (χ0v) is 6.17. The molecule has 2 unspecified atom stereocenters. The maximum Gasteiger partial charge on any atom is 0.272 e. The highest BCUT2D eigenvalue weighted by atomic mass is 14.6. The quantitative estimate of drug-likeness (QED) is 0.492. The average molecular weight is 124 g/mol. The van der Waals surface area contributed by atoms with Crippen molar-refractivity contribution in [3.63, 3.8) is 0 Å². The third-order valence-corrected chi connectivity index (χ3v) is 2.14. The first-order valence-electron chi connectivity index (χ1n) is 3.69. The van der Waals surface area contributed by atoms with Gasteiger partial charge in [0.15, 0.2) is 0 Å². The molecule has 0 aliphatic carbocycles. The van der Waals surface area contributed by atoms with Crippen molar-refractivity contribution < 1.29 is 0 Å². The molecular formula is C8H14N+. The van der Waals surface area contributed by atoms with Crippen LogP contribution in [0.4, 0.5) is 0 Å². The first-order chi connectivity index (χ1) is 4.34. The monoisotopic (exact) mass is 124 g/mol. The van der Waals surface area contributed by atoms with Crippen molar-refractivity contribution in [3.8, 4) is 0 Å². The van der Waals surface area contributed by atoms with E-state index in [-0.39, 0.29) is 0 Å². The van der Waals surface area contributed by atoms with Crippen LogP contribution in [0.25, 0.3) is 0 Å². The smallest absolute Gasteiger partial charge is 0.110 e. The fourth-order valence-electron chi connectivity index (χ4n) is 1.10. The first-order valence-corrected chi connectivity index (χ1v) is 3.69. The van der Waals surface area contributed by atoms with Crippen molar-refractivity contribution in [1.29, 1.82) is 0 Å². The summed E-state index contributed by atoms with van der Waals surface area (Å²) in [5.74, 6) is 1.54. The normalized spacial score (nSPS) is 27.1. The van der Waals surface area contributed by atoms with Gasteiger partial charge in [-0.05, 0) is 5.92 Å². The second-order valence-electron chi connectivity index (χ2n) is 2.77. The maximum atomic E-state index is 4.08. The van der Waals surface area contributed by atoms with Gasteiger partial charge in [0.25, 0.3) is 12.4 Å². The third kappa shape index (κ3) is 1.43. The molecule has 50 valence electrons. The van der Waals surface area contributed by atoms with Crippen LogP contribution in [-0.2, 0) is 0 Å². The van der Waals surface area contributed by atoms with E-state index in [9.17, 15) is 0 Å². The lowest BCUT2D eigenvalue weighted by Crippen LogP contribution is -2.09. The van der Waals surface area contributed by atoms with Gasteiger partial charge in [-0.2, -0.15) is 0 Å². The highest BCUT2D eigenvalue weighted by Crippen LogP contribution is 2.16. The molecule has 0 N–H and O–H groups in total. The molecule has 0 fully saturated rings. The van der Waals surface area contributed by atoms with Gasteiger partial charge in [-0.3, -0.25) is 0 Å². The van der Waals surface area contributed by atoms with E-state index in [2.05, 4.69) is 24.7 Å². The van der Waals surface area contributed by atoms with E-state index in [1.165, 1.54) is 6.42 Å². The van der Waals surface area contributed by atoms with E-state index in [0.717, 1.165) is 18.3 Å². The Morgan fingerprint density at radius 3 is 3.00 bits per heavy atom. The van der Waals surface area contributed by atoms with Gasteiger partial charge in [-0.25, -0.2) is 0 Å². The SMILES string of the molecule is CCC(C)C1C=[N+]=CC1. The van der Waals surface area contributed by atoms with Gasteiger partial charge in [-0.1, -0.05) is 20.3 Å². The fourth-order valence-corrected chi connectivity index (χ4v) is 1.10. The maximum absolute atomic E-state index is 4.08. The molecule has 2 atom stereocenters. The topological polar surface area (TPSA) is 14.1 Å². The summed E-state index contributed by atoms with van der Waals surface area (Å²) in [6, 6.07) is 0. The highest BCUT2D eigenvalue weighted by Gasteiger charge is 2.21. The van der Waals surface area contributed by atoms with Crippen molar-refractivity contribution in [3.05, 3.63) is 0 Å². The zero-order valence-electron chi connectivity index (χ0n) is 6.17. The van der Waals surface area contributed by atoms with E-state index in [1.54, 1.807) is 0 Å². The molecule has 9 heavy (non-hydrogen) atoms. The second kappa shape index (κ2) is 2.84. The van der Waals surface area contributed by atoms with Crippen LogP contribution in [0.2, 0.25) is 0 Å². The predicted molar refractivity (Wildman–Crippen MR) is 41.8 cm³/mol. The molecule has 0 bridgehead atoms. The molecular weight excluding hydrogens is 110 g/mol. The molecule has 0 aromatic carbocycles. The van der Waals surface area contributed by atoms with E-state index in [4.69, 9.17) is 0 Å². The van der Waals surface area contributed by atoms with Crippen LogP contribution in [0, 0.1) is 11.8 Å². The molecule has 1 nitrogen and oxygen atoms in total. The van der Waals surface area contributed by atoms with Gasteiger partial charge >= 0.3 is 0 Å². The zero-order chi connectivity index (χ0) is 6.69. The van der Waals surface area contributed by atoms with Crippen molar-refractivity contribution in [2.24, 2.45) is 11.8 Å². The molecule has 0 radical (unpaired) electrons. The summed E-state index contributed by atoms with van der Waals surface area (Å²) in [5, 5.41) is 0. The summed E-state index contributed by atoms with van der Waals surface area (Å²) in [5.41, 5.74) is 0. The first kappa shape index (κ1) is 6.57. The number of nitrogens with zero attached hydrogens (tertiary/aromatic N) is 1. The summed E-state index contributed by atoms with van der Waals surface area (Å²) in [7, 11) is 0. The number of rotatable bonds is 2. The molecule has 1 aliphatic rings. The Kier molecular flexibility index (Phi) is 2.07. The van der Waals surface area contributed by atoms with Crippen LogP contribution in [0.5, 0.6) is 0 Å². The highest BCUT2D eigenvalue weighted by molar-refractivity contribution is 5.76. The lowest BCUT2D eigenvalue weighted by molar-refractivity contribution is 0.464. The van der Waals surface area contributed by atoms with Crippen LogP contribution in [0.3, 0.4) is 0 Å². The molecule has 0 saturated carbocycles. The molecule has 1 rings (SSSR count). The third-order valence-electron chi connectivity index (χ3n) is 2.14. The Morgan fingerprint density at radius 1 is 1.78 bits per heavy atom. The van der Waals surface area contributed by atoms with E-state index < -0.39 is 0 Å². The molecule has 0 saturated heterocycles. The van der Waals surface area contributed by atoms with Gasteiger partial charge in [0.1, 0.15) is 0 Å². The van der Waals surface area contributed by atoms with Gasteiger partial charge in [0.05, 0.1) is 12.3 Å². The Labute approximate surface area is 56.5 Å². The Hall–Kier alpha value is -0.550. The fraction of sp³-hybridized carbons (Fsp3) is 0.750. The van der Waals surface area contributed by atoms with E-state index in [0.29, 0.717) is 0 Å².